The quantitative estimate of drug-likeness (QED) is 0.721. The van der Waals surface area contributed by atoms with Crippen LogP contribution >= 0.6 is 12.2 Å². The van der Waals surface area contributed by atoms with E-state index in [2.05, 4.69) is 4.90 Å². The highest BCUT2D eigenvalue weighted by Crippen LogP contribution is 2.09. The molecule has 1 aliphatic rings. The van der Waals surface area contributed by atoms with Crippen LogP contribution in [0, 0.1) is 0 Å². The van der Waals surface area contributed by atoms with E-state index in [9.17, 15) is 4.79 Å². The minimum absolute atomic E-state index is 0.187. The largest absolute Gasteiger partial charge is 0.393 e. The Morgan fingerprint density at radius 2 is 1.94 bits per heavy atom. The van der Waals surface area contributed by atoms with Crippen LogP contribution in [0.3, 0.4) is 0 Å². The van der Waals surface area contributed by atoms with Crippen molar-refractivity contribution in [3.8, 4) is 0 Å². The molecule has 0 radical (unpaired) electrons. The standard InChI is InChI=1S/C12H23N3OS/c1-14(9-5-11(13)17)12(16)6-10-15-7-3-2-4-8-15/h2-10H2,1H3,(H2,13,17). The molecule has 0 aromatic carbocycles. The second-order valence-electron chi connectivity index (χ2n) is 4.68. The molecule has 1 fully saturated rings. The molecule has 98 valence electrons. The van der Waals surface area contributed by atoms with Gasteiger partial charge in [-0.3, -0.25) is 4.79 Å². The van der Waals surface area contributed by atoms with Crippen LogP contribution in [0.1, 0.15) is 32.1 Å². The maximum absolute atomic E-state index is 11.8. The Balaban J connectivity index is 2.16. The normalized spacial score (nSPS) is 16.8. The van der Waals surface area contributed by atoms with E-state index in [0.717, 1.165) is 19.6 Å². The molecule has 0 unspecified atom stereocenters. The molecular weight excluding hydrogens is 234 g/mol. The van der Waals surface area contributed by atoms with Gasteiger partial charge in [0.15, 0.2) is 0 Å². The highest BCUT2D eigenvalue weighted by Gasteiger charge is 2.13. The highest BCUT2D eigenvalue weighted by molar-refractivity contribution is 7.80. The lowest BCUT2D eigenvalue weighted by Gasteiger charge is -2.27. The predicted octanol–water partition coefficient (Wildman–Crippen LogP) is 0.997. The average molecular weight is 257 g/mol. The van der Waals surface area contributed by atoms with Crippen LogP contribution in [0.15, 0.2) is 0 Å². The number of nitrogens with zero attached hydrogens (tertiary/aromatic N) is 2. The lowest BCUT2D eigenvalue weighted by Crippen LogP contribution is -2.35. The molecule has 4 nitrogen and oxygen atoms in total. The fourth-order valence-corrected chi connectivity index (χ4v) is 2.12. The van der Waals surface area contributed by atoms with Gasteiger partial charge in [0.05, 0.1) is 4.99 Å². The first kappa shape index (κ1) is 14.4. The van der Waals surface area contributed by atoms with Crippen molar-refractivity contribution in [2.75, 3.05) is 33.2 Å². The Labute approximate surface area is 109 Å². The number of carbonyl (C=O) groups excluding carboxylic acids is 1. The molecule has 0 aliphatic carbocycles. The Bertz CT molecular complexity index is 264. The van der Waals surface area contributed by atoms with Crippen molar-refractivity contribution < 1.29 is 4.79 Å². The third-order valence-corrected chi connectivity index (χ3v) is 3.41. The fraction of sp³-hybridized carbons (Fsp3) is 0.833. The Morgan fingerprint density at radius 1 is 1.29 bits per heavy atom. The SMILES string of the molecule is CN(CCC(N)=S)C(=O)CCN1CCCCC1. The summed E-state index contributed by atoms with van der Waals surface area (Å²) in [6.07, 6.45) is 5.09. The molecule has 2 N–H and O–H groups in total. The van der Waals surface area contributed by atoms with Crippen LogP contribution in [0.2, 0.25) is 0 Å². The number of likely N-dealkylation sites (tertiary alicyclic amines) is 1. The second kappa shape index (κ2) is 7.61. The topological polar surface area (TPSA) is 49.6 Å². The van der Waals surface area contributed by atoms with E-state index in [-0.39, 0.29) is 5.91 Å². The van der Waals surface area contributed by atoms with Crippen LogP contribution in [0.25, 0.3) is 0 Å². The Hall–Kier alpha value is -0.680. The summed E-state index contributed by atoms with van der Waals surface area (Å²) in [5.41, 5.74) is 5.42. The number of carbonyl (C=O) groups is 1. The molecule has 0 bridgehead atoms. The minimum atomic E-state index is 0.187. The third kappa shape index (κ3) is 5.98. The zero-order valence-electron chi connectivity index (χ0n) is 10.7. The molecule has 1 rings (SSSR count). The van der Waals surface area contributed by atoms with E-state index in [1.165, 1.54) is 19.3 Å². The molecule has 1 aliphatic heterocycles. The zero-order valence-corrected chi connectivity index (χ0v) is 11.5. The molecular formula is C12H23N3OS. The number of hydrogen-bond donors (Lipinski definition) is 1. The van der Waals surface area contributed by atoms with Gasteiger partial charge in [0.25, 0.3) is 0 Å². The summed E-state index contributed by atoms with van der Waals surface area (Å²) in [5.74, 6) is 0.187. The number of rotatable bonds is 6. The average Bonchev–Trinajstić information content (AvgIpc) is 2.34. The molecule has 1 saturated heterocycles. The lowest BCUT2D eigenvalue weighted by atomic mass is 10.1. The van der Waals surface area contributed by atoms with Crippen molar-refractivity contribution in [2.24, 2.45) is 5.73 Å². The van der Waals surface area contributed by atoms with Crippen LogP contribution in [0.4, 0.5) is 0 Å². The predicted molar refractivity (Wildman–Crippen MR) is 73.9 cm³/mol. The monoisotopic (exact) mass is 257 g/mol. The number of piperidine rings is 1. The van der Waals surface area contributed by atoms with Gasteiger partial charge in [0, 0.05) is 33.0 Å². The van der Waals surface area contributed by atoms with Crippen molar-refractivity contribution in [3.63, 3.8) is 0 Å². The van der Waals surface area contributed by atoms with E-state index < -0.39 is 0 Å². The lowest BCUT2D eigenvalue weighted by molar-refractivity contribution is -0.130. The van der Waals surface area contributed by atoms with E-state index >= 15 is 0 Å². The molecule has 0 atom stereocenters. The maximum Gasteiger partial charge on any atom is 0.223 e. The zero-order chi connectivity index (χ0) is 12.7. The van der Waals surface area contributed by atoms with Crippen molar-refractivity contribution in [3.05, 3.63) is 0 Å². The van der Waals surface area contributed by atoms with Gasteiger partial charge in [0.2, 0.25) is 5.91 Å². The van der Waals surface area contributed by atoms with E-state index in [4.69, 9.17) is 18.0 Å². The van der Waals surface area contributed by atoms with Crippen molar-refractivity contribution in [1.82, 2.24) is 9.80 Å². The number of thiocarbonyl (C=S) groups is 1. The first-order chi connectivity index (χ1) is 8.09. The van der Waals surface area contributed by atoms with E-state index in [0.29, 0.717) is 24.4 Å². The maximum atomic E-state index is 11.8. The van der Waals surface area contributed by atoms with E-state index in [1.54, 1.807) is 4.90 Å². The van der Waals surface area contributed by atoms with Gasteiger partial charge in [-0.15, -0.1) is 0 Å². The van der Waals surface area contributed by atoms with Crippen molar-refractivity contribution >= 4 is 23.1 Å². The van der Waals surface area contributed by atoms with Gasteiger partial charge < -0.3 is 15.5 Å². The van der Waals surface area contributed by atoms with Crippen LogP contribution in [0.5, 0.6) is 0 Å². The summed E-state index contributed by atoms with van der Waals surface area (Å²) >= 11 is 4.80. The van der Waals surface area contributed by atoms with Crippen LogP contribution in [-0.4, -0.2) is 53.9 Å². The van der Waals surface area contributed by atoms with Crippen molar-refractivity contribution in [1.29, 1.82) is 0 Å². The molecule has 5 heteroatoms. The van der Waals surface area contributed by atoms with Gasteiger partial charge in [-0.1, -0.05) is 18.6 Å². The van der Waals surface area contributed by atoms with Gasteiger partial charge in [-0.05, 0) is 25.9 Å². The summed E-state index contributed by atoms with van der Waals surface area (Å²) < 4.78 is 0. The highest BCUT2D eigenvalue weighted by atomic mass is 32.1. The van der Waals surface area contributed by atoms with Crippen LogP contribution < -0.4 is 5.73 Å². The first-order valence-corrected chi connectivity index (χ1v) is 6.75. The third-order valence-electron chi connectivity index (χ3n) is 3.21. The summed E-state index contributed by atoms with van der Waals surface area (Å²) in [5, 5.41) is 0. The van der Waals surface area contributed by atoms with Gasteiger partial charge in [-0.2, -0.15) is 0 Å². The molecule has 0 saturated carbocycles. The van der Waals surface area contributed by atoms with Crippen LogP contribution in [-0.2, 0) is 4.79 Å². The minimum Gasteiger partial charge on any atom is -0.393 e. The summed E-state index contributed by atoms with van der Waals surface area (Å²) in [6, 6.07) is 0. The fourth-order valence-electron chi connectivity index (χ4n) is 2.03. The summed E-state index contributed by atoms with van der Waals surface area (Å²) in [6.45, 7) is 3.80. The molecule has 17 heavy (non-hydrogen) atoms. The number of nitrogens with two attached hydrogens (primary N) is 1. The molecule has 0 aromatic heterocycles. The Kier molecular flexibility index (Phi) is 6.44. The van der Waals surface area contributed by atoms with Gasteiger partial charge >= 0.3 is 0 Å². The summed E-state index contributed by atoms with van der Waals surface area (Å²) in [4.78, 5) is 16.4. The van der Waals surface area contributed by atoms with E-state index in [1.807, 2.05) is 7.05 Å². The molecule has 0 aromatic rings. The smallest absolute Gasteiger partial charge is 0.223 e. The number of amides is 1. The first-order valence-electron chi connectivity index (χ1n) is 6.34. The summed E-state index contributed by atoms with van der Waals surface area (Å²) in [7, 11) is 1.82. The van der Waals surface area contributed by atoms with Crippen molar-refractivity contribution in [2.45, 2.75) is 32.1 Å². The molecule has 0 spiro atoms. The van der Waals surface area contributed by atoms with Gasteiger partial charge in [0.1, 0.15) is 0 Å². The molecule has 1 heterocycles. The number of hydrogen-bond acceptors (Lipinski definition) is 3. The van der Waals surface area contributed by atoms with Gasteiger partial charge in [-0.25, -0.2) is 0 Å². The molecule has 1 amide bonds. The second-order valence-corrected chi connectivity index (χ2v) is 5.21. The Morgan fingerprint density at radius 3 is 2.53 bits per heavy atom.